The van der Waals surface area contributed by atoms with Crippen LogP contribution in [0.2, 0.25) is 0 Å². The first-order chi connectivity index (χ1) is 19.3. The molecule has 0 unspecified atom stereocenters. The van der Waals surface area contributed by atoms with Gasteiger partial charge in [-0.15, -0.1) is 11.3 Å². The van der Waals surface area contributed by atoms with Gasteiger partial charge in [-0.3, -0.25) is 4.79 Å². The van der Waals surface area contributed by atoms with Gasteiger partial charge in [0.1, 0.15) is 18.0 Å². The summed E-state index contributed by atoms with van der Waals surface area (Å²) in [5, 5.41) is 4.89. The van der Waals surface area contributed by atoms with Crippen LogP contribution in [0.4, 0.5) is 10.5 Å². The minimum absolute atomic E-state index is 0.0558. The molecular formula is C30H39N3O6S. The van der Waals surface area contributed by atoms with Gasteiger partial charge >= 0.3 is 6.03 Å². The zero-order chi connectivity index (χ0) is 29.1. The van der Waals surface area contributed by atoms with Crippen molar-refractivity contribution >= 4 is 29.0 Å². The molecule has 40 heavy (non-hydrogen) atoms. The second-order valence-electron chi connectivity index (χ2n) is 9.60. The third kappa shape index (κ3) is 8.54. The third-order valence-electron chi connectivity index (χ3n) is 6.25. The molecule has 0 radical (unpaired) electrons. The monoisotopic (exact) mass is 569 g/mol. The normalized spacial score (nSPS) is 10.7. The highest BCUT2D eigenvalue weighted by molar-refractivity contribution is 7.09. The van der Waals surface area contributed by atoms with E-state index in [2.05, 4.69) is 5.32 Å². The number of hydrogen-bond acceptors (Lipinski definition) is 7. The summed E-state index contributed by atoms with van der Waals surface area (Å²) in [6.07, 6.45) is 0.622. The molecule has 0 saturated heterocycles. The van der Waals surface area contributed by atoms with Crippen LogP contribution < -0.4 is 24.3 Å². The smallest absolute Gasteiger partial charge is 0.322 e. The summed E-state index contributed by atoms with van der Waals surface area (Å²) in [6.45, 7) is 5.33. The Morgan fingerprint density at radius 3 is 2.25 bits per heavy atom. The van der Waals surface area contributed by atoms with Crippen LogP contribution in [0.1, 0.15) is 24.3 Å². The number of benzene rings is 2. The van der Waals surface area contributed by atoms with Gasteiger partial charge in [0.25, 0.3) is 0 Å². The topological polar surface area (TPSA) is 89.6 Å². The number of amides is 3. The Morgan fingerprint density at radius 2 is 1.62 bits per heavy atom. The standard InChI is InChI=1S/C30H39N3O6S/c1-21(2)18-33(30(35)31-25-11-10-23(36-3)17-27(25)38-5)20-29(34)32(19-24-8-7-15-40-24)14-13-22-9-12-26(37-4)28(16-22)39-6/h7-12,15-17,21H,13-14,18-20H2,1-6H3,(H,31,35). The average molecular weight is 570 g/mol. The first kappa shape index (κ1) is 30.6. The van der Waals surface area contributed by atoms with Gasteiger partial charge in [0.15, 0.2) is 11.5 Å². The fraction of sp³-hybridized carbons (Fsp3) is 0.400. The Hall–Kier alpha value is -3.92. The lowest BCUT2D eigenvalue weighted by Crippen LogP contribution is -2.46. The minimum atomic E-state index is -0.374. The van der Waals surface area contributed by atoms with Crippen LogP contribution in [0, 0.1) is 5.92 Å². The van der Waals surface area contributed by atoms with Crippen molar-refractivity contribution in [1.82, 2.24) is 9.80 Å². The molecule has 9 nitrogen and oxygen atoms in total. The van der Waals surface area contributed by atoms with Crippen LogP contribution in [-0.4, -0.2) is 69.8 Å². The first-order valence-electron chi connectivity index (χ1n) is 13.1. The van der Waals surface area contributed by atoms with Gasteiger partial charge in [-0.2, -0.15) is 0 Å². The number of nitrogens with zero attached hydrogens (tertiary/aromatic N) is 2. The molecule has 0 bridgehead atoms. The van der Waals surface area contributed by atoms with Crippen LogP contribution in [0.5, 0.6) is 23.0 Å². The highest BCUT2D eigenvalue weighted by Gasteiger charge is 2.24. The Bertz CT molecular complexity index is 1250. The molecular weight excluding hydrogens is 530 g/mol. The number of ether oxygens (including phenoxy) is 4. The van der Waals surface area contributed by atoms with Gasteiger partial charge in [-0.25, -0.2) is 4.79 Å². The fourth-order valence-corrected chi connectivity index (χ4v) is 4.92. The molecule has 1 N–H and O–H groups in total. The number of carbonyl (C=O) groups excluding carboxylic acids is 2. The quantitative estimate of drug-likeness (QED) is 0.274. The van der Waals surface area contributed by atoms with E-state index >= 15 is 0 Å². The second-order valence-corrected chi connectivity index (χ2v) is 10.6. The highest BCUT2D eigenvalue weighted by atomic mass is 32.1. The Balaban J connectivity index is 1.77. The van der Waals surface area contributed by atoms with E-state index in [0.717, 1.165) is 10.4 Å². The number of methoxy groups -OCH3 is 4. The number of hydrogen-bond donors (Lipinski definition) is 1. The third-order valence-corrected chi connectivity index (χ3v) is 7.11. The maximum absolute atomic E-state index is 13.7. The van der Waals surface area contributed by atoms with Crippen molar-refractivity contribution in [3.8, 4) is 23.0 Å². The number of urea groups is 1. The van der Waals surface area contributed by atoms with E-state index in [9.17, 15) is 9.59 Å². The van der Waals surface area contributed by atoms with Gasteiger partial charge in [-0.1, -0.05) is 26.0 Å². The van der Waals surface area contributed by atoms with Crippen molar-refractivity contribution in [2.45, 2.75) is 26.8 Å². The largest absolute Gasteiger partial charge is 0.497 e. The van der Waals surface area contributed by atoms with Crippen LogP contribution in [0.15, 0.2) is 53.9 Å². The van der Waals surface area contributed by atoms with E-state index in [1.165, 1.54) is 7.11 Å². The molecule has 0 aliphatic heterocycles. The predicted octanol–water partition coefficient (Wildman–Crippen LogP) is 5.54. The molecule has 3 aromatic rings. The van der Waals surface area contributed by atoms with Crippen LogP contribution >= 0.6 is 11.3 Å². The van der Waals surface area contributed by atoms with Crippen molar-refractivity contribution in [2.24, 2.45) is 5.92 Å². The number of carbonyl (C=O) groups is 2. The van der Waals surface area contributed by atoms with Gasteiger partial charge in [0, 0.05) is 24.0 Å². The van der Waals surface area contributed by atoms with Crippen molar-refractivity contribution in [1.29, 1.82) is 0 Å². The molecule has 0 aliphatic carbocycles. The van der Waals surface area contributed by atoms with Crippen molar-refractivity contribution in [3.63, 3.8) is 0 Å². The van der Waals surface area contributed by atoms with Crippen LogP contribution in [0.3, 0.4) is 0 Å². The van der Waals surface area contributed by atoms with Crippen molar-refractivity contribution in [2.75, 3.05) is 53.4 Å². The lowest BCUT2D eigenvalue weighted by molar-refractivity contribution is -0.132. The lowest BCUT2D eigenvalue weighted by Gasteiger charge is -2.29. The maximum atomic E-state index is 13.7. The summed E-state index contributed by atoms with van der Waals surface area (Å²) >= 11 is 1.60. The Kier molecular flexibility index (Phi) is 11.5. The van der Waals surface area contributed by atoms with Gasteiger partial charge in [0.2, 0.25) is 5.91 Å². The van der Waals surface area contributed by atoms with Crippen LogP contribution in [-0.2, 0) is 17.8 Å². The van der Waals surface area contributed by atoms with E-state index in [0.29, 0.717) is 54.7 Å². The maximum Gasteiger partial charge on any atom is 0.322 e. The van der Waals surface area contributed by atoms with Crippen LogP contribution in [0.25, 0.3) is 0 Å². The van der Waals surface area contributed by atoms with E-state index in [-0.39, 0.29) is 24.4 Å². The Morgan fingerprint density at radius 1 is 0.875 bits per heavy atom. The predicted molar refractivity (Wildman–Crippen MR) is 158 cm³/mol. The summed E-state index contributed by atoms with van der Waals surface area (Å²) < 4.78 is 21.5. The van der Waals surface area contributed by atoms with Gasteiger partial charge < -0.3 is 34.1 Å². The molecule has 1 aromatic heterocycles. The zero-order valence-corrected chi connectivity index (χ0v) is 24.9. The van der Waals surface area contributed by atoms with E-state index in [1.807, 2.05) is 49.6 Å². The van der Waals surface area contributed by atoms with E-state index in [4.69, 9.17) is 18.9 Å². The molecule has 0 atom stereocenters. The van der Waals surface area contributed by atoms with E-state index in [1.54, 1.807) is 60.7 Å². The molecule has 0 aliphatic rings. The lowest BCUT2D eigenvalue weighted by atomic mass is 10.1. The molecule has 3 rings (SSSR count). The number of nitrogens with one attached hydrogen (secondary N) is 1. The second kappa shape index (κ2) is 15.0. The number of rotatable bonds is 14. The summed E-state index contributed by atoms with van der Waals surface area (Å²) in [6, 6.07) is 14.5. The fourth-order valence-electron chi connectivity index (χ4n) is 4.20. The molecule has 10 heteroatoms. The zero-order valence-electron chi connectivity index (χ0n) is 24.1. The molecule has 0 fully saturated rings. The average Bonchev–Trinajstić information content (AvgIpc) is 3.47. The number of thiophene rings is 1. The van der Waals surface area contributed by atoms with E-state index < -0.39 is 0 Å². The van der Waals surface area contributed by atoms with Gasteiger partial charge in [-0.05, 0) is 53.6 Å². The Labute approximate surface area is 240 Å². The summed E-state index contributed by atoms with van der Waals surface area (Å²) in [5.74, 6) is 2.41. The molecule has 2 aromatic carbocycles. The first-order valence-corrected chi connectivity index (χ1v) is 13.9. The highest BCUT2D eigenvalue weighted by Crippen LogP contribution is 2.30. The SMILES string of the molecule is COc1ccc(NC(=O)N(CC(=O)N(CCc2ccc(OC)c(OC)c2)Cc2cccs2)CC(C)C)c(OC)c1. The summed E-state index contributed by atoms with van der Waals surface area (Å²) in [5.41, 5.74) is 1.52. The molecule has 0 saturated carbocycles. The number of anilines is 1. The molecule has 1 heterocycles. The van der Waals surface area contributed by atoms with Gasteiger partial charge in [0.05, 0.1) is 40.7 Å². The summed E-state index contributed by atoms with van der Waals surface area (Å²) in [7, 11) is 6.30. The molecule has 3 amide bonds. The van der Waals surface area contributed by atoms with Crippen molar-refractivity contribution < 1.29 is 28.5 Å². The van der Waals surface area contributed by atoms with Crippen molar-refractivity contribution in [3.05, 3.63) is 64.4 Å². The summed E-state index contributed by atoms with van der Waals surface area (Å²) in [4.78, 5) is 31.5. The molecule has 0 spiro atoms. The minimum Gasteiger partial charge on any atom is -0.497 e. The molecule has 216 valence electrons.